The van der Waals surface area contributed by atoms with Crippen LogP contribution < -0.4 is 10.1 Å². The van der Waals surface area contributed by atoms with Crippen LogP contribution in [0.3, 0.4) is 0 Å². The molecule has 1 aromatic heterocycles. The fourth-order valence-corrected chi connectivity index (χ4v) is 2.86. The number of non-ortho nitro benzene ring substituents is 1. The van der Waals surface area contributed by atoms with E-state index in [1.165, 1.54) is 25.3 Å². The lowest BCUT2D eigenvalue weighted by molar-refractivity contribution is -0.384. The van der Waals surface area contributed by atoms with Crippen LogP contribution in [0.5, 0.6) is 5.75 Å². The number of nitrogens with zero attached hydrogens (tertiary/aromatic N) is 1. The molecule has 25 heavy (non-hydrogen) atoms. The molecule has 8 heteroatoms. The van der Waals surface area contributed by atoms with Crippen LogP contribution in [0.4, 0.5) is 11.4 Å². The average Bonchev–Trinajstić information content (AvgIpc) is 2.91. The molecule has 2 aromatic carbocycles. The van der Waals surface area contributed by atoms with Crippen molar-refractivity contribution in [3.63, 3.8) is 0 Å². The van der Waals surface area contributed by atoms with E-state index in [9.17, 15) is 14.9 Å². The summed E-state index contributed by atoms with van der Waals surface area (Å²) in [4.78, 5) is 23.0. The number of benzene rings is 2. The van der Waals surface area contributed by atoms with Gasteiger partial charge in [-0.15, -0.1) is 0 Å². The maximum atomic E-state index is 12.6. The second-order valence-electron chi connectivity index (χ2n) is 5.29. The van der Waals surface area contributed by atoms with E-state index in [2.05, 4.69) is 21.2 Å². The summed E-state index contributed by atoms with van der Waals surface area (Å²) in [6.45, 7) is 1.78. The van der Waals surface area contributed by atoms with E-state index in [-0.39, 0.29) is 17.1 Å². The molecular weight excluding hydrogens is 392 g/mol. The van der Waals surface area contributed by atoms with Crippen LogP contribution in [-0.4, -0.2) is 17.9 Å². The van der Waals surface area contributed by atoms with E-state index in [1.54, 1.807) is 13.0 Å². The lowest BCUT2D eigenvalue weighted by atomic mass is 10.1. The van der Waals surface area contributed by atoms with Crippen LogP contribution in [-0.2, 0) is 0 Å². The Morgan fingerprint density at radius 3 is 2.72 bits per heavy atom. The average molecular weight is 405 g/mol. The smallest absolute Gasteiger partial charge is 0.291 e. The molecule has 7 nitrogen and oxygen atoms in total. The highest BCUT2D eigenvalue weighted by atomic mass is 79.9. The van der Waals surface area contributed by atoms with E-state index in [1.807, 2.05) is 12.1 Å². The minimum absolute atomic E-state index is 0.140. The number of ether oxygens (including phenoxy) is 1. The predicted octanol–water partition coefficient (Wildman–Crippen LogP) is 4.67. The van der Waals surface area contributed by atoms with Gasteiger partial charge < -0.3 is 14.5 Å². The van der Waals surface area contributed by atoms with Crippen molar-refractivity contribution in [3.8, 4) is 5.75 Å². The first kappa shape index (κ1) is 17.0. The zero-order chi connectivity index (χ0) is 18.1. The molecule has 3 rings (SSSR count). The van der Waals surface area contributed by atoms with Crippen molar-refractivity contribution in [2.24, 2.45) is 0 Å². The van der Waals surface area contributed by atoms with E-state index in [4.69, 9.17) is 9.15 Å². The third-order valence-electron chi connectivity index (χ3n) is 3.75. The molecule has 3 aromatic rings. The maximum Gasteiger partial charge on any atom is 0.291 e. The Morgan fingerprint density at radius 2 is 2.04 bits per heavy atom. The van der Waals surface area contributed by atoms with Crippen LogP contribution in [0.25, 0.3) is 11.0 Å². The molecule has 0 aliphatic rings. The highest BCUT2D eigenvalue weighted by Crippen LogP contribution is 2.32. The molecular formula is C17H13BrN2O5. The highest BCUT2D eigenvalue weighted by Gasteiger charge is 2.20. The van der Waals surface area contributed by atoms with Crippen LogP contribution in [0, 0.1) is 17.0 Å². The largest absolute Gasteiger partial charge is 0.495 e. The third-order valence-corrected chi connectivity index (χ3v) is 4.24. The summed E-state index contributed by atoms with van der Waals surface area (Å²) in [7, 11) is 1.42. The summed E-state index contributed by atoms with van der Waals surface area (Å²) in [6, 6.07) is 9.41. The number of amides is 1. The molecule has 0 fully saturated rings. The fraction of sp³-hybridized carbons (Fsp3) is 0.118. The number of hydrogen-bond acceptors (Lipinski definition) is 5. The Labute approximate surface area is 150 Å². The van der Waals surface area contributed by atoms with Crippen LogP contribution in [0.2, 0.25) is 0 Å². The van der Waals surface area contributed by atoms with E-state index in [0.29, 0.717) is 16.9 Å². The minimum Gasteiger partial charge on any atom is -0.495 e. The van der Waals surface area contributed by atoms with Crippen molar-refractivity contribution in [3.05, 3.63) is 62.3 Å². The van der Waals surface area contributed by atoms with Gasteiger partial charge in [-0.1, -0.05) is 15.9 Å². The molecule has 1 N–H and O–H groups in total. The first-order valence-electron chi connectivity index (χ1n) is 7.23. The summed E-state index contributed by atoms with van der Waals surface area (Å²) in [5.41, 5.74) is 1.30. The fourth-order valence-electron chi connectivity index (χ4n) is 2.50. The zero-order valence-corrected chi connectivity index (χ0v) is 14.9. The normalized spacial score (nSPS) is 10.7. The van der Waals surface area contributed by atoms with E-state index in [0.717, 1.165) is 9.86 Å². The molecule has 1 amide bonds. The van der Waals surface area contributed by atoms with Crippen molar-refractivity contribution in [1.82, 2.24) is 0 Å². The topological polar surface area (TPSA) is 94.6 Å². The predicted molar refractivity (Wildman–Crippen MR) is 96.3 cm³/mol. The number of hydrogen-bond donors (Lipinski definition) is 1. The molecule has 1 heterocycles. The lowest BCUT2D eigenvalue weighted by Crippen LogP contribution is -2.13. The first-order valence-corrected chi connectivity index (χ1v) is 8.02. The van der Waals surface area contributed by atoms with Gasteiger partial charge in [0.2, 0.25) is 0 Å². The van der Waals surface area contributed by atoms with Crippen LogP contribution in [0.15, 0.2) is 45.3 Å². The minimum atomic E-state index is -0.543. The Bertz CT molecular complexity index is 996. The molecule has 128 valence electrons. The molecule has 0 aliphatic carbocycles. The molecule has 0 atom stereocenters. The summed E-state index contributed by atoms with van der Waals surface area (Å²) < 4.78 is 11.7. The van der Waals surface area contributed by atoms with Gasteiger partial charge in [0.25, 0.3) is 11.6 Å². The van der Waals surface area contributed by atoms with Crippen LogP contribution in [0.1, 0.15) is 16.1 Å². The van der Waals surface area contributed by atoms with Crippen LogP contribution >= 0.6 is 15.9 Å². The van der Waals surface area contributed by atoms with Gasteiger partial charge in [-0.25, -0.2) is 0 Å². The number of carbonyl (C=O) groups is 1. The number of furan rings is 1. The number of methoxy groups -OCH3 is 1. The Morgan fingerprint density at radius 1 is 1.28 bits per heavy atom. The third kappa shape index (κ3) is 3.20. The molecule has 0 saturated heterocycles. The number of nitro benzene ring substituents is 1. The lowest BCUT2D eigenvalue weighted by Gasteiger charge is -2.09. The van der Waals surface area contributed by atoms with E-state index < -0.39 is 10.8 Å². The number of halogens is 1. The second kappa shape index (κ2) is 6.56. The Hall–Kier alpha value is -2.87. The van der Waals surface area contributed by atoms with Gasteiger partial charge in [0.1, 0.15) is 11.3 Å². The Balaban J connectivity index is 1.99. The Kier molecular flexibility index (Phi) is 4.45. The summed E-state index contributed by atoms with van der Waals surface area (Å²) in [5, 5.41) is 14.4. The highest BCUT2D eigenvalue weighted by molar-refractivity contribution is 9.10. The number of nitrogens with one attached hydrogen (secondary N) is 1. The summed E-state index contributed by atoms with van der Waals surface area (Å²) >= 11 is 3.38. The number of nitro groups is 1. The number of fused-ring (bicyclic) bond motifs is 1. The molecule has 0 radical (unpaired) electrons. The summed E-state index contributed by atoms with van der Waals surface area (Å²) in [5.74, 6) is -0.0549. The molecule has 0 spiro atoms. The van der Waals surface area contributed by atoms with Crippen molar-refractivity contribution in [2.45, 2.75) is 6.92 Å². The molecule has 0 saturated carbocycles. The van der Waals surface area contributed by atoms with Gasteiger partial charge in [0.05, 0.1) is 17.7 Å². The molecule has 0 aliphatic heterocycles. The molecule has 0 unspecified atom stereocenters. The molecule has 0 bridgehead atoms. The van der Waals surface area contributed by atoms with Gasteiger partial charge in [-0.3, -0.25) is 14.9 Å². The number of aryl methyl sites for hydroxylation is 1. The van der Waals surface area contributed by atoms with Crippen molar-refractivity contribution < 1.29 is 18.9 Å². The van der Waals surface area contributed by atoms with Gasteiger partial charge in [-0.2, -0.15) is 0 Å². The SMILES string of the molecule is COc1ccc([N+](=O)[O-])cc1NC(=O)c1oc2ccc(Br)cc2c1C. The van der Waals surface area contributed by atoms with Gasteiger partial charge in [0.15, 0.2) is 5.76 Å². The second-order valence-corrected chi connectivity index (χ2v) is 6.21. The number of rotatable bonds is 4. The van der Waals surface area contributed by atoms with Gasteiger partial charge >= 0.3 is 0 Å². The van der Waals surface area contributed by atoms with Gasteiger partial charge in [0, 0.05) is 27.6 Å². The summed E-state index contributed by atoms with van der Waals surface area (Å²) in [6.07, 6.45) is 0. The number of anilines is 1. The van der Waals surface area contributed by atoms with Crippen molar-refractivity contribution in [1.29, 1.82) is 0 Å². The van der Waals surface area contributed by atoms with E-state index >= 15 is 0 Å². The standard InChI is InChI=1S/C17H13BrN2O5/c1-9-12-7-10(18)3-5-14(12)25-16(9)17(21)19-13-8-11(20(22)23)4-6-15(13)24-2/h3-8H,1-2H3,(H,19,21). The monoisotopic (exact) mass is 404 g/mol. The maximum absolute atomic E-state index is 12.6. The van der Waals surface area contributed by atoms with Gasteiger partial charge in [-0.05, 0) is 31.2 Å². The first-order chi connectivity index (χ1) is 11.9. The number of carbonyl (C=O) groups excluding carboxylic acids is 1. The van der Waals surface area contributed by atoms with Crippen molar-refractivity contribution in [2.75, 3.05) is 12.4 Å². The quantitative estimate of drug-likeness (QED) is 0.503. The van der Waals surface area contributed by atoms with Crippen molar-refractivity contribution >= 4 is 44.2 Å². The zero-order valence-electron chi connectivity index (χ0n) is 13.3.